The molecule has 2 nitrogen and oxygen atoms in total. The lowest BCUT2D eigenvalue weighted by Crippen LogP contribution is -2.24. The van der Waals surface area contributed by atoms with Gasteiger partial charge in [-0.15, -0.1) is 0 Å². The van der Waals surface area contributed by atoms with Crippen molar-refractivity contribution in [3.05, 3.63) is 0 Å². The molecule has 3 unspecified atom stereocenters. The lowest BCUT2D eigenvalue weighted by molar-refractivity contribution is -0.123. The molecule has 0 aromatic rings. The maximum absolute atomic E-state index is 11.5. The highest BCUT2D eigenvalue weighted by Crippen LogP contribution is 2.28. The Morgan fingerprint density at radius 3 is 2.77 bits per heavy atom. The smallest absolute Gasteiger partial charge is 0.150 e. The quantitative estimate of drug-likeness (QED) is 0.573. The predicted octanol–water partition coefficient (Wildman–Crippen LogP) is 2.54. The Balaban J connectivity index is 2.68. The highest BCUT2D eigenvalue weighted by Gasteiger charge is 2.27. The predicted molar refractivity (Wildman–Crippen MR) is 50.9 cm³/mol. The third-order valence-electron chi connectivity index (χ3n) is 2.95. The summed E-state index contributed by atoms with van der Waals surface area (Å²) < 4.78 is 0. The van der Waals surface area contributed by atoms with Crippen LogP contribution >= 0.6 is 0 Å². The molecule has 1 saturated carbocycles. The van der Waals surface area contributed by atoms with Gasteiger partial charge in [0, 0.05) is 6.42 Å². The average molecular weight is 179 g/mol. The molecule has 72 valence electrons. The van der Waals surface area contributed by atoms with E-state index in [0.717, 1.165) is 19.3 Å². The summed E-state index contributed by atoms with van der Waals surface area (Å²) in [6.45, 7) is 4.23. The van der Waals surface area contributed by atoms with Crippen molar-refractivity contribution in [2.75, 3.05) is 0 Å². The molecule has 0 aliphatic heterocycles. The van der Waals surface area contributed by atoms with Crippen LogP contribution in [0.2, 0.25) is 0 Å². The molecule has 0 N–H and O–H groups in total. The minimum absolute atomic E-state index is 0.155. The molecule has 1 aliphatic carbocycles. The SMILES string of the molecule is CC1CCCC(=O)C(C#N)C(C)C1. The van der Waals surface area contributed by atoms with E-state index in [4.69, 9.17) is 5.26 Å². The van der Waals surface area contributed by atoms with Crippen LogP contribution in [-0.2, 0) is 4.79 Å². The van der Waals surface area contributed by atoms with Crippen molar-refractivity contribution < 1.29 is 4.79 Å². The zero-order valence-electron chi connectivity index (χ0n) is 8.42. The fourth-order valence-electron chi connectivity index (χ4n) is 2.19. The van der Waals surface area contributed by atoms with Crippen LogP contribution in [0.15, 0.2) is 0 Å². The number of ketones is 1. The highest BCUT2D eigenvalue weighted by molar-refractivity contribution is 5.83. The second-order valence-electron chi connectivity index (χ2n) is 4.28. The number of hydrogen-bond acceptors (Lipinski definition) is 2. The summed E-state index contributed by atoms with van der Waals surface area (Å²) in [7, 11) is 0. The van der Waals surface area contributed by atoms with E-state index in [0.29, 0.717) is 12.3 Å². The van der Waals surface area contributed by atoms with Crippen LogP contribution in [0.5, 0.6) is 0 Å². The molecule has 1 fully saturated rings. The van der Waals surface area contributed by atoms with E-state index in [2.05, 4.69) is 13.0 Å². The van der Waals surface area contributed by atoms with Crippen LogP contribution in [-0.4, -0.2) is 5.78 Å². The third-order valence-corrected chi connectivity index (χ3v) is 2.95. The number of carbonyl (C=O) groups is 1. The zero-order chi connectivity index (χ0) is 9.84. The number of Topliss-reactive ketones (excluding diaryl/α,β-unsaturated/α-hetero) is 1. The summed E-state index contributed by atoms with van der Waals surface area (Å²) in [6, 6.07) is 2.14. The lowest BCUT2D eigenvalue weighted by Gasteiger charge is -2.23. The Bertz CT molecular complexity index is 229. The van der Waals surface area contributed by atoms with Crippen molar-refractivity contribution in [1.82, 2.24) is 0 Å². The van der Waals surface area contributed by atoms with Crippen molar-refractivity contribution >= 4 is 5.78 Å². The Labute approximate surface area is 79.9 Å². The Morgan fingerprint density at radius 2 is 2.15 bits per heavy atom. The maximum Gasteiger partial charge on any atom is 0.150 e. The summed E-state index contributed by atoms with van der Waals surface area (Å²) in [5.74, 6) is 0.719. The molecule has 0 bridgehead atoms. The minimum Gasteiger partial charge on any atom is -0.298 e. The van der Waals surface area contributed by atoms with Crippen molar-refractivity contribution in [2.24, 2.45) is 17.8 Å². The molecule has 3 atom stereocenters. The first kappa shape index (κ1) is 10.2. The molecular formula is C11H17NO. The van der Waals surface area contributed by atoms with Gasteiger partial charge >= 0.3 is 0 Å². The first-order valence-electron chi connectivity index (χ1n) is 5.07. The molecule has 1 aliphatic rings. The molecule has 0 radical (unpaired) electrons. The topological polar surface area (TPSA) is 40.9 Å². The van der Waals surface area contributed by atoms with Crippen LogP contribution in [0.3, 0.4) is 0 Å². The molecule has 0 spiro atoms. The molecule has 0 heterocycles. The minimum atomic E-state index is -0.345. The Kier molecular flexibility index (Phi) is 3.48. The highest BCUT2D eigenvalue weighted by atomic mass is 16.1. The Hall–Kier alpha value is -0.840. The van der Waals surface area contributed by atoms with Gasteiger partial charge in [0.2, 0.25) is 0 Å². The van der Waals surface area contributed by atoms with Gasteiger partial charge in [-0.3, -0.25) is 4.79 Å². The third kappa shape index (κ3) is 2.55. The van der Waals surface area contributed by atoms with Crippen molar-refractivity contribution in [3.8, 4) is 6.07 Å². The molecule has 1 rings (SSSR count). The fourth-order valence-corrected chi connectivity index (χ4v) is 2.19. The van der Waals surface area contributed by atoms with E-state index in [1.165, 1.54) is 0 Å². The summed E-state index contributed by atoms with van der Waals surface area (Å²) in [4.78, 5) is 11.5. The van der Waals surface area contributed by atoms with Crippen LogP contribution in [0.4, 0.5) is 0 Å². The molecular weight excluding hydrogens is 162 g/mol. The van der Waals surface area contributed by atoms with E-state index in [9.17, 15) is 4.79 Å². The van der Waals surface area contributed by atoms with Gasteiger partial charge in [-0.05, 0) is 24.7 Å². The van der Waals surface area contributed by atoms with Gasteiger partial charge < -0.3 is 0 Å². The van der Waals surface area contributed by atoms with Gasteiger partial charge in [0.1, 0.15) is 11.7 Å². The van der Waals surface area contributed by atoms with Crippen LogP contribution in [0.25, 0.3) is 0 Å². The summed E-state index contributed by atoms with van der Waals surface area (Å²) >= 11 is 0. The normalized spacial score (nSPS) is 36.1. The number of hydrogen-bond donors (Lipinski definition) is 0. The van der Waals surface area contributed by atoms with E-state index in [-0.39, 0.29) is 17.6 Å². The van der Waals surface area contributed by atoms with E-state index >= 15 is 0 Å². The van der Waals surface area contributed by atoms with E-state index in [1.807, 2.05) is 6.92 Å². The molecule has 0 amide bonds. The van der Waals surface area contributed by atoms with Crippen molar-refractivity contribution in [1.29, 1.82) is 5.26 Å². The second kappa shape index (κ2) is 4.41. The first-order chi connectivity index (χ1) is 6.15. The number of nitriles is 1. The van der Waals surface area contributed by atoms with Gasteiger partial charge in [-0.1, -0.05) is 20.3 Å². The first-order valence-corrected chi connectivity index (χ1v) is 5.07. The largest absolute Gasteiger partial charge is 0.298 e. The van der Waals surface area contributed by atoms with Crippen molar-refractivity contribution in [3.63, 3.8) is 0 Å². The monoisotopic (exact) mass is 179 g/mol. The molecule has 2 heteroatoms. The number of rotatable bonds is 0. The summed E-state index contributed by atoms with van der Waals surface area (Å²) in [5, 5.41) is 8.86. The zero-order valence-corrected chi connectivity index (χ0v) is 8.42. The summed E-state index contributed by atoms with van der Waals surface area (Å²) in [6.07, 6.45) is 3.72. The van der Waals surface area contributed by atoms with Gasteiger partial charge in [0.05, 0.1) is 6.07 Å². The van der Waals surface area contributed by atoms with Gasteiger partial charge in [0.15, 0.2) is 0 Å². The summed E-state index contributed by atoms with van der Waals surface area (Å²) in [5.41, 5.74) is 0. The molecule has 0 aromatic heterocycles. The standard InChI is InChI=1S/C11H17NO/c1-8-4-3-5-11(13)10(7-12)9(2)6-8/h8-10H,3-6H2,1-2H3. The Morgan fingerprint density at radius 1 is 1.46 bits per heavy atom. The van der Waals surface area contributed by atoms with Gasteiger partial charge in [-0.2, -0.15) is 5.26 Å². The maximum atomic E-state index is 11.5. The second-order valence-corrected chi connectivity index (χ2v) is 4.28. The van der Waals surface area contributed by atoms with Crippen molar-refractivity contribution in [2.45, 2.75) is 39.5 Å². The van der Waals surface area contributed by atoms with Gasteiger partial charge in [-0.25, -0.2) is 0 Å². The van der Waals surface area contributed by atoms with Crippen LogP contribution in [0, 0.1) is 29.1 Å². The lowest BCUT2D eigenvalue weighted by atomic mass is 9.79. The number of nitrogens with zero attached hydrogens (tertiary/aromatic N) is 1. The molecule has 0 saturated heterocycles. The number of carbonyl (C=O) groups excluding carboxylic acids is 1. The fraction of sp³-hybridized carbons (Fsp3) is 0.818. The van der Waals surface area contributed by atoms with E-state index < -0.39 is 0 Å². The van der Waals surface area contributed by atoms with Crippen LogP contribution in [0.1, 0.15) is 39.5 Å². The molecule has 13 heavy (non-hydrogen) atoms. The van der Waals surface area contributed by atoms with Crippen LogP contribution < -0.4 is 0 Å². The van der Waals surface area contributed by atoms with Gasteiger partial charge in [0.25, 0.3) is 0 Å². The molecule has 0 aromatic carbocycles. The van der Waals surface area contributed by atoms with E-state index in [1.54, 1.807) is 0 Å². The average Bonchev–Trinajstić information content (AvgIpc) is 2.03.